The van der Waals surface area contributed by atoms with Crippen molar-refractivity contribution in [2.45, 2.75) is 0 Å². The van der Waals surface area contributed by atoms with E-state index in [-0.39, 0.29) is 23.0 Å². The minimum Gasteiger partial charge on any atom is -0.496 e. The lowest BCUT2D eigenvalue weighted by Crippen LogP contribution is -2.44. The van der Waals surface area contributed by atoms with Crippen LogP contribution in [0.4, 0.5) is 23.1 Å². The highest BCUT2D eigenvalue weighted by atomic mass is 16.6. The molecule has 3 aromatic rings. The first-order chi connectivity index (χ1) is 16.3. The summed E-state index contributed by atoms with van der Waals surface area (Å²) >= 11 is 0. The summed E-state index contributed by atoms with van der Waals surface area (Å²) in [5.41, 5.74) is 11.5. The Morgan fingerprint density at radius 2 is 1.76 bits per heavy atom. The number of hydrogen-bond donors (Lipinski definition) is 2. The second kappa shape index (κ2) is 11.1. The van der Waals surface area contributed by atoms with Gasteiger partial charge in [-0.15, -0.1) is 0 Å². The standard InChI is InChI=1S/C19H21N3O4.C4H6N4/c1-20-8-10-21(11-9-20)16-13-18(26-2)15(12-17(16)22(24)25)19(23)14-6-4-3-5-7-14;5-3-1-2-7-4(6)8-3/h3-7,12-13H,8-11H2,1-2H3;1-2H,(H4,5,6,7,8). The quantitative estimate of drug-likeness (QED) is 0.326. The van der Waals surface area contributed by atoms with E-state index in [0.717, 1.165) is 13.1 Å². The second-order valence-corrected chi connectivity index (χ2v) is 7.62. The smallest absolute Gasteiger partial charge is 0.293 e. The number of carbonyl (C=O) groups excluding carboxylic acids is 1. The van der Waals surface area contributed by atoms with Gasteiger partial charge in [0.1, 0.15) is 17.3 Å². The lowest BCUT2D eigenvalue weighted by molar-refractivity contribution is -0.384. The van der Waals surface area contributed by atoms with Gasteiger partial charge in [-0.25, -0.2) is 4.98 Å². The number of methoxy groups -OCH3 is 1. The maximum Gasteiger partial charge on any atom is 0.293 e. The molecule has 0 spiro atoms. The van der Waals surface area contributed by atoms with Crippen LogP contribution in [0.5, 0.6) is 5.75 Å². The van der Waals surface area contributed by atoms with Crippen molar-refractivity contribution < 1.29 is 14.5 Å². The van der Waals surface area contributed by atoms with Gasteiger partial charge >= 0.3 is 0 Å². The number of rotatable bonds is 5. The molecular weight excluding hydrogens is 438 g/mol. The van der Waals surface area contributed by atoms with Crippen LogP contribution in [0.15, 0.2) is 54.7 Å². The van der Waals surface area contributed by atoms with E-state index in [9.17, 15) is 14.9 Å². The molecule has 1 aliphatic heterocycles. The van der Waals surface area contributed by atoms with E-state index in [2.05, 4.69) is 14.9 Å². The SMILES string of the molecule is COc1cc(N2CCN(C)CC2)c([N+](=O)[O-])cc1C(=O)c1ccccc1.Nc1ccnc(N)n1. The van der Waals surface area contributed by atoms with Crippen molar-refractivity contribution in [2.24, 2.45) is 0 Å². The molecule has 0 radical (unpaired) electrons. The van der Waals surface area contributed by atoms with Gasteiger partial charge in [-0.3, -0.25) is 14.9 Å². The molecule has 0 saturated carbocycles. The fourth-order valence-electron chi connectivity index (χ4n) is 3.48. The maximum atomic E-state index is 12.8. The predicted octanol–water partition coefficient (Wildman–Crippen LogP) is 2.23. The van der Waals surface area contributed by atoms with Crippen molar-refractivity contribution in [3.05, 3.63) is 76.0 Å². The molecule has 34 heavy (non-hydrogen) atoms. The Hall–Kier alpha value is -4.25. The van der Waals surface area contributed by atoms with Crippen LogP contribution in [0.3, 0.4) is 0 Å². The summed E-state index contributed by atoms with van der Waals surface area (Å²) in [5.74, 6) is 0.663. The number of piperazine rings is 1. The summed E-state index contributed by atoms with van der Waals surface area (Å²) in [6.07, 6.45) is 1.51. The fraction of sp³-hybridized carbons (Fsp3) is 0.261. The van der Waals surface area contributed by atoms with Crippen molar-refractivity contribution in [3.8, 4) is 5.75 Å². The Kier molecular flexibility index (Phi) is 7.93. The third-order valence-electron chi connectivity index (χ3n) is 5.31. The number of nitro groups is 1. The Morgan fingerprint density at radius 3 is 2.29 bits per heavy atom. The van der Waals surface area contributed by atoms with Crippen molar-refractivity contribution in [1.29, 1.82) is 0 Å². The number of anilines is 3. The first-order valence-corrected chi connectivity index (χ1v) is 10.5. The number of ketones is 1. The number of ether oxygens (including phenoxy) is 1. The van der Waals surface area contributed by atoms with Crippen LogP contribution in [0.2, 0.25) is 0 Å². The number of nitrogens with zero attached hydrogens (tertiary/aromatic N) is 5. The van der Waals surface area contributed by atoms with Gasteiger partial charge in [-0.1, -0.05) is 30.3 Å². The number of nitrogen functional groups attached to an aromatic ring is 2. The van der Waals surface area contributed by atoms with Crippen molar-refractivity contribution in [3.63, 3.8) is 0 Å². The topological polar surface area (TPSA) is 154 Å². The summed E-state index contributed by atoms with van der Waals surface area (Å²) < 4.78 is 5.39. The molecule has 0 amide bonds. The summed E-state index contributed by atoms with van der Waals surface area (Å²) in [5, 5.41) is 11.7. The molecule has 1 saturated heterocycles. The molecule has 0 atom stereocenters. The first-order valence-electron chi connectivity index (χ1n) is 10.5. The van der Waals surface area contributed by atoms with Gasteiger partial charge in [-0.2, -0.15) is 4.98 Å². The van der Waals surface area contributed by atoms with E-state index in [1.54, 1.807) is 36.4 Å². The largest absolute Gasteiger partial charge is 0.496 e. The molecule has 1 fully saturated rings. The van der Waals surface area contributed by atoms with Crippen molar-refractivity contribution in [1.82, 2.24) is 14.9 Å². The van der Waals surface area contributed by atoms with E-state index >= 15 is 0 Å². The van der Waals surface area contributed by atoms with Crippen LogP contribution >= 0.6 is 0 Å². The molecule has 4 rings (SSSR count). The minimum absolute atomic E-state index is 0.0744. The van der Waals surface area contributed by atoms with Crippen LogP contribution in [-0.4, -0.2) is 65.9 Å². The molecule has 1 aromatic heterocycles. The highest BCUT2D eigenvalue weighted by Crippen LogP contribution is 2.36. The molecule has 1 aliphatic rings. The number of nitrogens with two attached hydrogens (primary N) is 2. The highest BCUT2D eigenvalue weighted by molar-refractivity contribution is 6.11. The highest BCUT2D eigenvalue weighted by Gasteiger charge is 2.27. The Morgan fingerprint density at radius 1 is 1.09 bits per heavy atom. The Bertz CT molecular complexity index is 1130. The molecular formula is C23H27N7O4. The first kappa shape index (κ1) is 24.4. The van der Waals surface area contributed by atoms with Crippen LogP contribution < -0.4 is 21.1 Å². The number of carbonyl (C=O) groups is 1. The number of hydrogen-bond acceptors (Lipinski definition) is 10. The van der Waals surface area contributed by atoms with E-state index in [1.807, 2.05) is 18.0 Å². The zero-order valence-electron chi connectivity index (χ0n) is 19.0. The third-order valence-corrected chi connectivity index (χ3v) is 5.31. The average molecular weight is 466 g/mol. The number of benzene rings is 2. The Labute approximate surface area is 197 Å². The molecule has 4 N–H and O–H groups in total. The molecule has 178 valence electrons. The van der Waals surface area contributed by atoms with Crippen LogP contribution in [0.25, 0.3) is 0 Å². The molecule has 2 heterocycles. The molecule has 0 bridgehead atoms. The monoisotopic (exact) mass is 465 g/mol. The normalized spacial score (nSPS) is 13.5. The van der Waals surface area contributed by atoms with Gasteiger partial charge in [-0.05, 0) is 13.1 Å². The van der Waals surface area contributed by atoms with Crippen LogP contribution in [0, 0.1) is 10.1 Å². The van der Waals surface area contributed by atoms with E-state index in [4.69, 9.17) is 16.2 Å². The van der Waals surface area contributed by atoms with Gasteiger partial charge in [0.05, 0.1) is 17.6 Å². The molecule has 0 aliphatic carbocycles. The molecule has 11 nitrogen and oxygen atoms in total. The zero-order valence-corrected chi connectivity index (χ0v) is 19.0. The van der Waals surface area contributed by atoms with E-state index in [0.29, 0.717) is 35.9 Å². The summed E-state index contributed by atoms with van der Waals surface area (Å²) in [7, 11) is 3.49. The predicted molar refractivity (Wildman–Crippen MR) is 130 cm³/mol. The number of nitro benzene ring substituents is 1. The molecule has 0 unspecified atom stereocenters. The van der Waals surface area contributed by atoms with E-state index < -0.39 is 4.92 Å². The van der Waals surface area contributed by atoms with Gasteiger partial charge in [0.25, 0.3) is 5.69 Å². The lowest BCUT2D eigenvalue weighted by atomic mass is 10.0. The van der Waals surface area contributed by atoms with Crippen LogP contribution in [-0.2, 0) is 0 Å². The third kappa shape index (κ3) is 5.95. The maximum absolute atomic E-state index is 12.8. The Balaban J connectivity index is 0.000000343. The number of aromatic nitrogens is 2. The summed E-state index contributed by atoms with van der Waals surface area (Å²) in [6.45, 7) is 3.02. The van der Waals surface area contributed by atoms with Crippen molar-refractivity contribution in [2.75, 3.05) is 56.7 Å². The van der Waals surface area contributed by atoms with Crippen LogP contribution in [0.1, 0.15) is 15.9 Å². The van der Waals surface area contributed by atoms with Gasteiger partial charge in [0.15, 0.2) is 5.78 Å². The number of likely N-dealkylation sites (N-methyl/N-ethyl adjacent to an activating group) is 1. The zero-order chi connectivity index (χ0) is 24.7. The minimum atomic E-state index is -0.436. The van der Waals surface area contributed by atoms with E-state index in [1.165, 1.54) is 19.4 Å². The molecule has 11 heteroatoms. The lowest BCUT2D eigenvalue weighted by Gasteiger charge is -2.33. The second-order valence-electron chi connectivity index (χ2n) is 7.62. The molecule has 2 aromatic carbocycles. The van der Waals surface area contributed by atoms with Gasteiger partial charge in [0.2, 0.25) is 5.95 Å². The average Bonchev–Trinajstić information content (AvgIpc) is 2.84. The fourth-order valence-corrected chi connectivity index (χ4v) is 3.48. The summed E-state index contributed by atoms with van der Waals surface area (Å²) in [6, 6.07) is 13.2. The summed E-state index contributed by atoms with van der Waals surface area (Å²) in [4.78, 5) is 35.4. The van der Waals surface area contributed by atoms with Gasteiger partial charge < -0.3 is 26.0 Å². The van der Waals surface area contributed by atoms with Crippen molar-refractivity contribution >= 4 is 28.9 Å². The van der Waals surface area contributed by atoms with Gasteiger partial charge in [0, 0.05) is 50.1 Å².